The van der Waals surface area contributed by atoms with Crippen LogP contribution in [0.5, 0.6) is 5.75 Å². The quantitative estimate of drug-likeness (QED) is 0.550. The van der Waals surface area contributed by atoms with E-state index in [1.54, 1.807) is 24.3 Å². The van der Waals surface area contributed by atoms with Crippen molar-refractivity contribution in [2.45, 2.75) is 64.3 Å². The molecule has 0 saturated heterocycles. The lowest BCUT2D eigenvalue weighted by molar-refractivity contribution is -0.122. The maximum atomic E-state index is 11.9. The maximum absolute atomic E-state index is 11.9. The summed E-state index contributed by atoms with van der Waals surface area (Å²) in [5.41, 5.74) is 0.983. The molecule has 0 aromatic heterocycles. The number of nitrogens with one attached hydrogen (secondary N) is 1. The van der Waals surface area contributed by atoms with Gasteiger partial charge in [0, 0.05) is 6.42 Å². The third-order valence-electron chi connectivity index (χ3n) is 3.76. The Bertz CT molecular complexity index is 417. The van der Waals surface area contributed by atoms with Crippen LogP contribution in [0.2, 0.25) is 0 Å². The third-order valence-corrected chi connectivity index (χ3v) is 3.76. The van der Waals surface area contributed by atoms with E-state index in [1.807, 2.05) is 0 Å². The van der Waals surface area contributed by atoms with Gasteiger partial charge in [0.15, 0.2) is 0 Å². The Morgan fingerprint density at radius 1 is 1.09 bits per heavy atom. The van der Waals surface area contributed by atoms with Crippen molar-refractivity contribution < 1.29 is 15.0 Å². The number of unbranched alkanes of at least 4 members (excludes halogenated alkanes) is 5. The van der Waals surface area contributed by atoms with E-state index in [2.05, 4.69) is 12.2 Å². The van der Waals surface area contributed by atoms with Crippen LogP contribution < -0.4 is 5.32 Å². The summed E-state index contributed by atoms with van der Waals surface area (Å²) in [6, 6.07) is 6.57. The number of hydrogen-bond acceptors (Lipinski definition) is 3. The van der Waals surface area contributed by atoms with E-state index < -0.39 is 0 Å². The van der Waals surface area contributed by atoms with Crippen molar-refractivity contribution >= 4 is 5.91 Å². The van der Waals surface area contributed by atoms with Crippen LogP contribution in [0.25, 0.3) is 0 Å². The Kier molecular flexibility index (Phi) is 9.31. The zero-order valence-electron chi connectivity index (χ0n) is 13.6. The summed E-state index contributed by atoms with van der Waals surface area (Å²) >= 11 is 0. The number of phenols is 1. The molecule has 4 nitrogen and oxygen atoms in total. The van der Waals surface area contributed by atoms with Gasteiger partial charge in [-0.3, -0.25) is 4.79 Å². The summed E-state index contributed by atoms with van der Waals surface area (Å²) in [4.78, 5) is 11.9. The van der Waals surface area contributed by atoms with Gasteiger partial charge in [-0.15, -0.1) is 0 Å². The number of phenolic OH excluding ortho intramolecular Hbond substituents is 1. The summed E-state index contributed by atoms with van der Waals surface area (Å²) in [5, 5.41) is 21.5. The van der Waals surface area contributed by atoms with Gasteiger partial charge in [0.05, 0.1) is 12.6 Å². The number of aliphatic hydroxyl groups is 1. The minimum absolute atomic E-state index is 0.00770. The number of rotatable bonds is 11. The fourth-order valence-electron chi connectivity index (χ4n) is 2.44. The second-order valence-electron chi connectivity index (χ2n) is 5.84. The summed E-state index contributed by atoms with van der Waals surface area (Å²) in [7, 11) is 0. The minimum Gasteiger partial charge on any atom is -0.508 e. The van der Waals surface area contributed by atoms with Crippen LogP contribution in [-0.2, 0) is 11.2 Å². The molecule has 0 aliphatic rings. The zero-order chi connectivity index (χ0) is 16.2. The maximum Gasteiger partial charge on any atom is 0.220 e. The van der Waals surface area contributed by atoms with Crippen LogP contribution in [0, 0.1) is 0 Å². The number of carbonyl (C=O) groups is 1. The van der Waals surface area contributed by atoms with E-state index in [-0.39, 0.29) is 24.3 Å². The topological polar surface area (TPSA) is 69.6 Å². The van der Waals surface area contributed by atoms with Crippen molar-refractivity contribution in [3.63, 3.8) is 0 Å². The molecule has 1 amide bonds. The molecule has 4 heteroatoms. The Balaban J connectivity index is 2.24. The minimum atomic E-state index is -0.267. The van der Waals surface area contributed by atoms with E-state index in [0.717, 1.165) is 18.4 Å². The average Bonchev–Trinajstić information content (AvgIpc) is 2.52. The van der Waals surface area contributed by atoms with Gasteiger partial charge >= 0.3 is 0 Å². The molecule has 0 aliphatic carbocycles. The molecule has 0 bridgehead atoms. The molecule has 124 valence electrons. The first-order chi connectivity index (χ1) is 10.7. The van der Waals surface area contributed by atoms with E-state index in [1.165, 1.54) is 25.7 Å². The Morgan fingerprint density at radius 3 is 2.36 bits per heavy atom. The number of amides is 1. The Hall–Kier alpha value is -1.55. The molecule has 1 atom stereocenters. The highest BCUT2D eigenvalue weighted by Crippen LogP contribution is 2.11. The number of aromatic hydroxyl groups is 1. The molecule has 0 unspecified atom stereocenters. The van der Waals surface area contributed by atoms with Crippen LogP contribution in [0.4, 0.5) is 0 Å². The second kappa shape index (κ2) is 11.1. The summed E-state index contributed by atoms with van der Waals surface area (Å²) in [5.74, 6) is 0.227. The Labute approximate surface area is 133 Å². The van der Waals surface area contributed by atoms with E-state index in [0.29, 0.717) is 12.8 Å². The monoisotopic (exact) mass is 307 g/mol. The molecule has 1 aromatic carbocycles. The molecule has 0 heterocycles. The fraction of sp³-hybridized carbons (Fsp3) is 0.611. The van der Waals surface area contributed by atoms with E-state index >= 15 is 0 Å². The van der Waals surface area contributed by atoms with Gasteiger partial charge in [-0.2, -0.15) is 0 Å². The SMILES string of the molecule is CCCCCCCCC(=O)N[C@H](CO)Cc1ccc(O)cc1. The van der Waals surface area contributed by atoms with Gasteiger partial charge < -0.3 is 15.5 Å². The molecule has 22 heavy (non-hydrogen) atoms. The normalized spacial score (nSPS) is 12.1. The van der Waals surface area contributed by atoms with Crippen LogP contribution in [0.3, 0.4) is 0 Å². The summed E-state index contributed by atoms with van der Waals surface area (Å²) in [6.45, 7) is 2.11. The van der Waals surface area contributed by atoms with Gasteiger partial charge in [0.2, 0.25) is 5.91 Å². The van der Waals surface area contributed by atoms with Crippen molar-refractivity contribution in [2.75, 3.05) is 6.61 Å². The molecule has 0 spiro atoms. The highest BCUT2D eigenvalue weighted by atomic mass is 16.3. The standard InChI is InChI=1S/C18H29NO3/c1-2-3-4-5-6-7-8-18(22)19-16(14-20)13-15-9-11-17(21)12-10-15/h9-12,16,20-21H,2-8,13-14H2,1H3,(H,19,22)/t16-/m0/s1. The van der Waals surface area contributed by atoms with E-state index in [9.17, 15) is 15.0 Å². The van der Waals surface area contributed by atoms with Crippen LogP contribution in [0.15, 0.2) is 24.3 Å². The average molecular weight is 307 g/mol. The zero-order valence-corrected chi connectivity index (χ0v) is 13.6. The third kappa shape index (κ3) is 8.03. The van der Waals surface area contributed by atoms with Gasteiger partial charge in [-0.25, -0.2) is 0 Å². The van der Waals surface area contributed by atoms with Gasteiger partial charge in [-0.05, 0) is 30.5 Å². The van der Waals surface area contributed by atoms with Gasteiger partial charge in [-0.1, -0.05) is 51.2 Å². The van der Waals surface area contributed by atoms with Crippen molar-refractivity contribution in [1.82, 2.24) is 5.32 Å². The largest absolute Gasteiger partial charge is 0.508 e. The number of hydrogen-bond donors (Lipinski definition) is 3. The molecule has 0 fully saturated rings. The van der Waals surface area contributed by atoms with Crippen LogP contribution in [-0.4, -0.2) is 28.8 Å². The smallest absolute Gasteiger partial charge is 0.220 e. The van der Waals surface area contributed by atoms with Gasteiger partial charge in [0.25, 0.3) is 0 Å². The molecular weight excluding hydrogens is 278 g/mol. The Morgan fingerprint density at radius 2 is 1.73 bits per heavy atom. The lowest BCUT2D eigenvalue weighted by Crippen LogP contribution is -2.38. The number of carbonyl (C=O) groups excluding carboxylic acids is 1. The highest BCUT2D eigenvalue weighted by Gasteiger charge is 2.12. The van der Waals surface area contributed by atoms with Crippen LogP contribution in [0.1, 0.15) is 57.4 Å². The number of aliphatic hydroxyl groups excluding tert-OH is 1. The van der Waals surface area contributed by atoms with E-state index in [4.69, 9.17) is 0 Å². The van der Waals surface area contributed by atoms with Crippen LogP contribution >= 0.6 is 0 Å². The first-order valence-corrected chi connectivity index (χ1v) is 8.33. The molecule has 0 aliphatic heterocycles. The highest BCUT2D eigenvalue weighted by molar-refractivity contribution is 5.76. The van der Waals surface area contributed by atoms with Crippen molar-refractivity contribution in [2.24, 2.45) is 0 Å². The van der Waals surface area contributed by atoms with Crippen molar-refractivity contribution in [1.29, 1.82) is 0 Å². The molecule has 1 rings (SSSR count). The predicted molar refractivity (Wildman–Crippen MR) is 88.8 cm³/mol. The molecule has 1 aromatic rings. The summed E-state index contributed by atoms with van der Waals surface area (Å²) < 4.78 is 0. The summed E-state index contributed by atoms with van der Waals surface area (Å²) in [6.07, 6.45) is 8.04. The lowest BCUT2D eigenvalue weighted by atomic mass is 10.1. The first kappa shape index (κ1) is 18.5. The first-order valence-electron chi connectivity index (χ1n) is 8.33. The molecule has 0 saturated carbocycles. The molecule has 0 radical (unpaired) electrons. The molecular formula is C18H29NO3. The van der Waals surface area contributed by atoms with Gasteiger partial charge in [0.1, 0.15) is 5.75 Å². The number of benzene rings is 1. The van der Waals surface area contributed by atoms with Crippen molar-refractivity contribution in [3.05, 3.63) is 29.8 Å². The second-order valence-corrected chi connectivity index (χ2v) is 5.84. The molecule has 3 N–H and O–H groups in total. The lowest BCUT2D eigenvalue weighted by Gasteiger charge is -2.16. The predicted octanol–water partition coefficient (Wildman–Crippen LogP) is 3.16. The fourth-order valence-corrected chi connectivity index (χ4v) is 2.44. The van der Waals surface area contributed by atoms with Crippen molar-refractivity contribution in [3.8, 4) is 5.75 Å².